The normalized spacial score (nSPS) is 11.0. The molecule has 0 spiro atoms. The summed E-state index contributed by atoms with van der Waals surface area (Å²) in [4.78, 5) is 0. The maximum atomic E-state index is 5.61. The third-order valence-electron chi connectivity index (χ3n) is 3.09. The van der Waals surface area contributed by atoms with E-state index < -0.39 is 0 Å². The molecule has 8 heteroatoms. The number of halogens is 1. The van der Waals surface area contributed by atoms with Gasteiger partial charge >= 0.3 is 0 Å². The maximum absolute atomic E-state index is 5.61. The minimum Gasteiger partial charge on any atom is -0.491 e. The second kappa shape index (κ2) is 17.5. The second-order valence-corrected chi connectivity index (χ2v) is 5.96. The van der Waals surface area contributed by atoms with Gasteiger partial charge in [0.15, 0.2) is 0 Å². The molecule has 0 fully saturated rings. The van der Waals surface area contributed by atoms with Crippen molar-refractivity contribution in [3.8, 4) is 5.75 Å². The van der Waals surface area contributed by atoms with E-state index in [1.807, 2.05) is 12.1 Å². The van der Waals surface area contributed by atoms with Crippen molar-refractivity contribution < 1.29 is 28.4 Å². The fraction of sp³-hybridized carbons (Fsp3) is 0.667. The lowest BCUT2D eigenvalue weighted by atomic mass is 10.3. The number of nitrogen functional groups attached to an aromatic ring is 1. The zero-order valence-electron chi connectivity index (χ0n) is 15.2. The van der Waals surface area contributed by atoms with Crippen molar-refractivity contribution in [2.24, 2.45) is 0 Å². The van der Waals surface area contributed by atoms with E-state index in [9.17, 15) is 0 Å². The Morgan fingerprint density at radius 3 is 1.38 bits per heavy atom. The van der Waals surface area contributed by atoms with Crippen molar-refractivity contribution in [1.29, 1.82) is 0 Å². The van der Waals surface area contributed by atoms with E-state index in [0.717, 1.165) is 16.8 Å². The monoisotopic (exact) mass is 435 g/mol. The van der Waals surface area contributed by atoms with Gasteiger partial charge in [-0.3, -0.25) is 0 Å². The molecule has 150 valence electrons. The molecular weight excluding hydrogens is 406 g/mol. The van der Waals surface area contributed by atoms with Crippen molar-refractivity contribution in [2.45, 2.75) is 0 Å². The zero-order valence-corrected chi connectivity index (χ0v) is 16.8. The van der Waals surface area contributed by atoms with Gasteiger partial charge in [-0.25, -0.2) is 0 Å². The smallest absolute Gasteiger partial charge is 0.119 e. The van der Waals surface area contributed by atoms with E-state index in [1.165, 1.54) is 0 Å². The molecule has 1 aromatic rings. The van der Waals surface area contributed by atoms with E-state index >= 15 is 0 Å². The molecule has 0 atom stereocenters. The maximum Gasteiger partial charge on any atom is 0.119 e. The molecule has 1 rings (SSSR count). The Hall–Kier alpha value is -0.900. The average molecular weight is 436 g/mol. The Kier molecular flexibility index (Phi) is 15.6. The van der Waals surface area contributed by atoms with Gasteiger partial charge in [-0.2, -0.15) is 0 Å². The number of hydrogen-bond donors (Lipinski definition) is 1. The highest BCUT2D eigenvalue weighted by Crippen LogP contribution is 2.12. The molecule has 0 aliphatic rings. The summed E-state index contributed by atoms with van der Waals surface area (Å²) in [6, 6.07) is 7.28. The Bertz CT molecular complexity index is 421. The highest BCUT2D eigenvalue weighted by Gasteiger charge is 1.95. The molecule has 0 unspecified atom stereocenters. The van der Waals surface area contributed by atoms with Crippen LogP contribution < -0.4 is 10.5 Å². The molecule has 0 saturated carbocycles. The summed E-state index contributed by atoms with van der Waals surface area (Å²) in [5, 5.41) is 0.846. The predicted molar refractivity (Wildman–Crippen MR) is 104 cm³/mol. The number of alkyl halides is 1. The first-order valence-electron chi connectivity index (χ1n) is 8.76. The number of nitrogens with two attached hydrogens (primary N) is 1. The first-order valence-corrected chi connectivity index (χ1v) is 9.88. The van der Waals surface area contributed by atoms with Gasteiger partial charge in [0, 0.05) is 11.0 Å². The predicted octanol–water partition coefficient (Wildman–Crippen LogP) is 2.13. The third kappa shape index (κ3) is 14.3. The molecule has 2 N–H and O–H groups in total. The van der Waals surface area contributed by atoms with Gasteiger partial charge in [-0.1, -0.05) is 15.9 Å². The number of rotatable bonds is 18. The second-order valence-electron chi connectivity index (χ2n) is 5.17. The van der Waals surface area contributed by atoms with E-state index in [0.29, 0.717) is 72.7 Å². The summed E-state index contributed by atoms with van der Waals surface area (Å²) >= 11 is 3.29. The lowest BCUT2D eigenvalue weighted by Gasteiger charge is -2.08. The molecule has 0 aromatic heterocycles. The van der Waals surface area contributed by atoms with Gasteiger partial charge < -0.3 is 34.2 Å². The van der Waals surface area contributed by atoms with Gasteiger partial charge in [0.1, 0.15) is 12.4 Å². The van der Waals surface area contributed by atoms with Gasteiger partial charge in [0.25, 0.3) is 0 Å². The van der Waals surface area contributed by atoms with Crippen LogP contribution in [0.5, 0.6) is 5.75 Å². The minimum absolute atomic E-state index is 0.494. The summed E-state index contributed by atoms with van der Waals surface area (Å²) in [7, 11) is 0. The SMILES string of the molecule is Nc1ccc(OCCOCCOCCOCCOCCOCCBr)cc1. The number of anilines is 1. The van der Waals surface area contributed by atoms with Crippen LogP contribution in [0.15, 0.2) is 24.3 Å². The van der Waals surface area contributed by atoms with E-state index in [1.54, 1.807) is 12.1 Å². The van der Waals surface area contributed by atoms with Crippen LogP contribution in [0.3, 0.4) is 0 Å². The highest BCUT2D eigenvalue weighted by molar-refractivity contribution is 9.09. The first kappa shape index (κ1) is 23.1. The van der Waals surface area contributed by atoms with Crippen molar-refractivity contribution in [3.63, 3.8) is 0 Å². The Morgan fingerprint density at radius 2 is 0.962 bits per heavy atom. The topological polar surface area (TPSA) is 81.4 Å². The molecule has 26 heavy (non-hydrogen) atoms. The van der Waals surface area contributed by atoms with Gasteiger partial charge in [0.05, 0.1) is 66.1 Å². The van der Waals surface area contributed by atoms with Crippen LogP contribution in [0, 0.1) is 0 Å². The summed E-state index contributed by atoms with van der Waals surface area (Å²) in [6.45, 7) is 6.19. The summed E-state index contributed by atoms with van der Waals surface area (Å²) in [6.07, 6.45) is 0. The molecule has 0 aliphatic heterocycles. The van der Waals surface area contributed by atoms with Crippen molar-refractivity contribution >= 4 is 21.6 Å². The summed E-state index contributed by atoms with van der Waals surface area (Å²) < 4.78 is 32.4. The number of hydrogen-bond acceptors (Lipinski definition) is 7. The third-order valence-corrected chi connectivity index (χ3v) is 3.41. The largest absolute Gasteiger partial charge is 0.491 e. The zero-order chi connectivity index (χ0) is 18.7. The lowest BCUT2D eigenvalue weighted by Crippen LogP contribution is -2.14. The van der Waals surface area contributed by atoms with Crippen molar-refractivity contribution in [2.75, 3.05) is 83.7 Å². The summed E-state index contributed by atoms with van der Waals surface area (Å²) in [5.41, 5.74) is 6.33. The van der Waals surface area contributed by atoms with E-state index in [4.69, 9.17) is 34.2 Å². The number of benzene rings is 1. The van der Waals surface area contributed by atoms with E-state index in [-0.39, 0.29) is 0 Å². The van der Waals surface area contributed by atoms with Gasteiger partial charge in [-0.15, -0.1) is 0 Å². The molecule has 0 amide bonds. The summed E-state index contributed by atoms with van der Waals surface area (Å²) in [5.74, 6) is 0.784. The van der Waals surface area contributed by atoms with Gasteiger partial charge in [-0.05, 0) is 24.3 Å². The molecule has 1 aromatic carbocycles. The van der Waals surface area contributed by atoms with Crippen LogP contribution in [0.2, 0.25) is 0 Å². The van der Waals surface area contributed by atoms with Crippen molar-refractivity contribution in [1.82, 2.24) is 0 Å². The van der Waals surface area contributed by atoms with Crippen LogP contribution in [-0.4, -0.2) is 78.0 Å². The van der Waals surface area contributed by atoms with Crippen LogP contribution >= 0.6 is 15.9 Å². The average Bonchev–Trinajstić information content (AvgIpc) is 2.66. The highest BCUT2D eigenvalue weighted by atomic mass is 79.9. The minimum atomic E-state index is 0.494. The molecule has 0 bridgehead atoms. The standard InChI is InChI=1S/C18H30BrNO6/c19-5-6-21-7-8-22-9-10-23-11-12-24-13-14-25-15-16-26-18-3-1-17(20)2-4-18/h1-4H,5-16,20H2. The lowest BCUT2D eigenvalue weighted by molar-refractivity contribution is -0.0118. The van der Waals surface area contributed by atoms with Crippen molar-refractivity contribution in [3.05, 3.63) is 24.3 Å². The molecule has 7 nitrogen and oxygen atoms in total. The van der Waals surface area contributed by atoms with Crippen LogP contribution in [-0.2, 0) is 23.7 Å². The first-order chi connectivity index (χ1) is 12.8. The molecule has 0 heterocycles. The van der Waals surface area contributed by atoms with Crippen LogP contribution in [0.25, 0.3) is 0 Å². The molecule has 0 aliphatic carbocycles. The van der Waals surface area contributed by atoms with Crippen LogP contribution in [0.4, 0.5) is 5.69 Å². The van der Waals surface area contributed by atoms with E-state index in [2.05, 4.69) is 15.9 Å². The van der Waals surface area contributed by atoms with Crippen LogP contribution in [0.1, 0.15) is 0 Å². The van der Waals surface area contributed by atoms with Gasteiger partial charge in [0.2, 0.25) is 0 Å². The molecule has 0 saturated heterocycles. The molecule has 0 radical (unpaired) electrons. The fourth-order valence-electron chi connectivity index (χ4n) is 1.82. The quantitative estimate of drug-likeness (QED) is 0.215. The fourth-order valence-corrected chi connectivity index (χ4v) is 2.05. The molecular formula is C18H30BrNO6. The Labute approximate surface area is 164 Å². The Morgan fingerprint density at radius 1 is 0.577 bits per heavy atom. The Balaban J connectivity index is 1.72. The number of ether oxygens (including phenoxy) is 6.